The van der Waals surface area contributed by atoms with E-state index in [1.165, 1.54) is 6.92 Å². The van der Waals surface area contributed by atoms with Crippen LogP contribution in [-0.2, 0) is 14.3 Å². The van der Waals surface area contributed by atoms with E-state index in [-0.39, 0.29) is 24.5 Å². The van der Waals surface area contributed by atoms with Gasteiger partial charge in [-0.15, -0.1) is 0 Å². The van der Waals surface area contributed by atoms with Crippen LogP contribution in [-0.4, -0.2) is 41.8 Å². The summed E-state index contributed by atoms with van der Waals surface area (Å²) < 4.78 is 5.57. The highest BCUT2D eigenvalue weighted by atomic mass is 16.5. The molecule has 162 valence electrons. The number of fused-ring (bicyclic) bond motifs is 3. The Morgan fingerprint density at radius 1 is 1.03 bits per heavy atom. The van der Waals surface area contributed by atoms with Crippen LogP contribution in [0.25, 0.3) is 11.1 Å². The summed E-state index contributed by atoms with van der Waals surface area (Å²) in [6.07, 6.45) is 1.49. The Balaban J connectivity index is 1.37. The van der Waals surface area contributed by atoms with Crippen LogP contribution in [0.4, 0.5) is 4.79 Å². The van der Waals surface area contributed by atoms with Crippen molar-refractivity contribution in [3.63, 3.8) is 0 Å². The Labute approximate surface area is 180 Å². The summed E-state index contributed by atoms with van der Waals surface area (Å²) in [5, 5.41) is 14.3. The number of amides is 2. The molecule has 1 saturated carbocycles. The first-order chi connectivity index (χ1) is 15.0. The van der Waals surface area contributed by atoms with E-state index in [1.54, 1.807) is 0 Å². The molecule has 0 bridgehead atoms. The predicted octanol–water partition coefficient (Wildman–Crippen LogP) is 3.28. The normalized spacial score (nSPS) is 20.4. The highest BCUT2D eigenvalue weighted by Crippen LogP contribution is 2.44. The van der Waals surface area contributed by atoms with E-state index in [2.05, 4.69) is 34.9 Å². The van der Waals surface area contributed by atoms with Gasteiger partial charge < -0.3 is 20.5 Å². The number of benzene rings is 2. The van der Waals surface area contributed by atoms with Crippen LogP contribution in [0.2, 0.25) is 0 Å². The Morgan fingerprint density at radius 3 is 2.26 bits per heavy atom. The van der Waals surface area contributed by atoms with Gasteiger partial charge in [-0.25, -0.2) is 4.79 Å². The van der Waals surface area contributed by atoms with Gasteiger partial charge in [0.25, 0.3) is 0 Å². The third kappa shape index (κ3) is 4.26. The standard InChI is InChI=1S/C24H26N2O5/c1-14(23(28)29)25-22(27)19-11-6-12-21(19)26-24(30)31-13-20-17-9-4-2-7-15(17)16-8-3-5-10-18(16)20/h2-5,7-10,14,19-21H,6,11-13H2,1H3,(H,25,27)(H,26,30)(H,28,29)/t14-,19?,21?/m0/s1. The summed E-state index contributed by atoms with van der Waals surface area (Å²) in [6.45, 7) is 1.63. The summed E-state index contributed by atoms with van der Waals surface area (Å²) in [4.78, 5) is 35.9. The van der Waals surface area contributed by atoms with E-state index >= 15 is 0 Å². The van der Waals surface area contributed by atoms with E-state index in [4.69, 9.17) is 9.84 Å². The number of alkyl carbamates (subject to hydrolysis) is 1. The van der Waals surface area contributed by atoms with E-state index in [0.29, 0.717) is 12.8 Å². The highest BCUT2D eigenvalue weighted by Gasteiger charge is 2.36. The summed E-state index contributed by atoms with van der Waals surface area (Å²) in [5.41, 5.74) is 4.59. The van der Waals surface area contributed by atoms with Crippen LogP contribution in [0.5, 0.6) is 0 Å². The zero-order valence-electron chi connectivity index (χ0n) is 17.3. The molecule has 2 amide bonds. The molecule has 0 aliphatic heterocycles. The van der Waals surface area contributed by atoms with Crippen molar-refractivity contribution in [2.45, 2.75) is 44.2 Å². The number of carbonyl (C=O) groups excluding carboxylic acids is 2. The number of aliphatic carboxylic acids is 1. The van der Waals surface area contributed by atoms with Crippen LogP contribution < -0.4 is 10.6 Å². The average molecular weight is 422 g/mol. The molecule has 0 radical (unpaired) electrons. The summed E-state index contributed by atoms with van der Waals surface area (Å²) in [5.74, 6) is -1.93. The Bertz CT molecular complexity index is 959. The zero-order chi connectivity index (χ0) is 22.0. The predicted molar refractivity (Wildman–Crippen MR) is 115 cm³/mol. The third-order valence-electron chi connectivity index (χ3n) is 6.23. The maximum Gasteiger partial charge on any atom is 0.407 e. The van der Waals surface area contributed by atoms with E-state index in [1.807, 2.05) is 24.3 Å². The average Bonchev–Trinajstić information content (AvgIpc) is 3.34. The van der Waals surface area contributed by atoms with Gasteiger partial charge in [0.05, 0.1) is 5.92 Å². The van der Waals surface area contributed by atoms with Crippen LogP contribution in [0, 0.1) is 5.92 Å². The molecule has 3 atom stereocenters. The van der Waals surface area contributed by atoms with Gasteiger partial charge in [-0.05, 0) is 42.0 Å². The molecule has 31 heavy (non-hydrogen) atoms. The lowest BCUT2D eigenvalue weighted by atomic mass is 9.98. The number of hydrogen-bond acceptors (Lipinski definition) is 4. The number of nitrogens with one attached hydrogen (secondary N) is 2. The molecule has 0 saturated heterocycles. The number of hydrogen-bond donors (Lipinski definition) is 3. The van der Waals surface area contributed by atoms with Gasteiger partial charge in [0.1, 0.15) is 12.6 Å². The van der Waals surface area contributed by atoms with Crippen LogP contribution in [0.15, 0.2) is 48.5 Å². The van der Waals surface area contributed by atoms with Crippen molar-refractivity contribution in [3.05, 3.63) is 59.7 Å². The fraction of sp³-hybridized carbons (Fsp3) is 0.375. The minimum atomic E-state index is -1.09. The molecule has 2 unspecified atom stereocenters. The Kier molecular flexibility index (Phi) is 5.93. The Morgan fingerprint density at radius 2 is 1.65 bits per heavy atom. The summed E-state index contributed by atoms with van der Waals surface area (Å²) in [7, 11) is 0. The second kappa shape index (κ2) is 8.79. The fourth-order valence-electron chi connectivity index (χ4n) is 4.62. The highest BCUT2D eigenvalue weighted by molar-refractivity contribution is 5.86. The van der Waals surface area contributed by atoms with E-state index in [0.717, 1.165) is 28.7 Å². The first-order valence-corrected chi connectivity index (χ1v) is 10.6. The molecule has 1 fully saturated rings. The molecule has 3 N–H and O–H groups in total. The minimum Gasteiger partial charge on any atom is -0.480 e. The molecule has 2 aromatic carbocycles. The molecule has 7 heteroatoms. The Hall–Kier alpha value is -3.35. The van der Waals surface area contributed by atoms with Crippen molar-refractivity contribution in [2.75, 3.05) is 6.61 Å². The molecule has 7 nitrogen and oxygen atoms in total. The van der Waals surface area contributed by atoms with E-state index < -0.39 is 24.0 Å². The van der Waals surface area contributed by atoms with Gasteiger partial charge in [-0.3, -0.25) is 9.59 Å². The SMILES string of the molecule is C[C@H](NC(=O)C1CCCC1NC(=O)OCC1c2ccccc2-c2ccccc21)C(=O)O. The van der Waals surface area contributed by atoms with Crippen molar-refractivity contribution >= 4 is 18.0 Å². The lowest BCUT2D eigenvalue weighted by Crippen LogP contribution is -2.48. The number of carboxylic acids is 1. The number of rotatable bonds is 6. The van der Waals surface area contributed by atoms with Crippen LogP contribution in [0.3, 0.4) is 0 Å². The second-order valence-corrected chi connectivity index (χ2v) is 8.18. The van der Waals surface area contributed by atoms with Gasteiger partial charge in [0.15, 0.2) is 0 Å². The molecular weight excluding hydrogens is 396 g/mol. The first kappa shape index (κ1) is 20.9. The van der Waals surface area contributed by atoms with Crippen molar-refractivity contribution in [2.24, 2.45) is 5.92 Å². The maximum atomic E-state index is 12.5. The van der Waals surface area contributed by atoms with Gasteiger partial charge in [0, 0.05) is 12.0 Å². The van der Waals surface area contributed by atoms with Gasteiger partial charge in [-0.2, -0.15) is 0 Å². The van der Waals surface area contributed by atoms with Crippen molar-refractivity contribution in [1.82, 2.24) is 10.6 Å². The monoisotopic (exact) mass is 422 g/mol. The van der Waals surface area contributed by atoms with Crippen LogP contribution in [0.1, 0.15) is 43.2 Å². The topological polar surface area (TPSA) is 105 Å². The van der Waals surface area contributed by atoms with Gasteiger partial charge in [0.2, 0.25) is 5.91 Å². The van der Waals surface area contributed by atoms with Crippen molar-refractivity contribution < 1.29 is 24.2 Å². The quantitative estimate of drug-likeness (QED) is 0.663. The maximum absolute atomic E-state index is 12.5. The first-order valence-electron chi connectivity index (χ1n) is 10.6. The van der Waals surface area contributed by atoms with Crippen molar-refractivity contribution in [3.8, 4) is 11.1 Å². The molecule has 0 aromatic heterocycles. The smallest absolute Gasteiger partial charge is 0.407 e. The third-order valence-corrected chi connectivity index (χ3v) is 6.23. The molecule has 4 rings (SSSR count). The molecule has 0 heterocycles. The lowest BCUT2D eigenvalue weighted by molar-refractivity contribution is -0.142. The van der Waals surface area contributed by atoms with E-state index in [9.17, 15) is 14.4 Å². The molecule has 2 aromatic rings. The van der Waals surface area contributed by atoms with Crippen molar-refractivity contribution in [1.29, 1.82) is 0 Å². The number of carboxylic acid groups (broad SMARTS) is 1. The molecule has 0 spiro atoms. The molecular formula is C24H26N2O5. The van der Waals surface area contributed by atoms with Gasteiger partial charge in [-0.1, -0.05) is 55.0 Å². The fourth-order valence-corrected chi connectivity index (χ4v) is 4.62. The van der Waals surface area contributed by atoms with Gasteiger partial charge >= 0.3 is 12.1 Å². The van der Waals surface area contributed by atoms with Crippen LogP contribution >= 0.6 is 0 Å². The minimum absolute atomic E-state index is 0.0303. The zero-order valence-corrected chi connectivity index (χ0v) is 17.3. The molecule has 2 aliphatic rings. The summed E-state index contributed by atoms with van der Waals surface area (Å²) in [6, 6.07) is 14.9. The molecule has 2 aliphatic carbocycles. The summed E-state index contributed by atoms with van der Waals surface area (Å²) >= 11 is 0. The number of carbonyl (C=O) groups is 3. The largest absolute Gasteiger partial charge is 0.480 e. The lowest BCUT2D eigenvalue weighted by Gasteiger charge is -2.22. The number of ether oxygens (including phenoxy) is 1. The second-order valence-electron chi connectivity index (χ2n) is 8.18.